The molecule has 0 saturated heterocycles. The Hall–Kier alpha value is -1.36. The summed E-state index contributed by atoms with van der Waals surface area (Å²) in [5.74, 6) is 0. The summed E-state index contributed by atoms with van der Waals surface area (Å²) in [6.45, 7) is 6.84. The van der Waals surface area contributed by atoms with E-state index in [0.717, 1.165) is 55.4 Å². The van der Waals surface area contributed by atoms with Crippen LogP contribution in [0.2, 0.25) is 15.1 Å². The Morgan fingerprint density at radius 3 is 2.16 bits per heavy atom. The van der Waals surface area contributed by atoms with Gasteiger partial charge in [0.25, 0.3) is 0 Å². The fraction of sp³-hybridized carbons (Fsp3) is 0.400. The number of aliphatic hydroxyl groups excluding tert-OH is 1. The highest BCUT2D eigenvalue weighted by atomic mass is 35.5. The number of fused-ring (bicyclic) bond motifs is 1. The fourth-order valence-corrected chi connectivity index (χ4v) is 4.53. The number of halogens is 3. The summed E-state index contributed by atoms with van der Waals surface area (Å²) in [5.41, 5.74) is 3.07. The number of aliphatic hydroxyl groups is 1. The van der Waals surface area contributed by atoms with Crippen molar-refractivity contribution in [3.8, 4) is 11.3 Å². The van der Waals surface area contributed by atoms with Gasteiger partial charge in [-0.2, -0.15) is 0 Å². The minimum atomic E-state index is -0.718. The molecule has 3 rings (SSSR count). The van der Waals surface area contributed by atoms with Crippen molar-refractivity contribution in [2.24, 2.45) is 0 Å². The minimum Gasteiger partial charge on any atom is -0.387 e. The summed E-state index contributed by atoms with van der Waals surface area (Å²) >= 11 is 19.1. The number of pyridine rings is 1. The van der Waals surface area contributed by atoms with Crippen LogP contribution in [-0.4, -0.2) is 34.6 Å². The molecule has 166 valence electrons. The lowest BCUT2D eigenvalue weighted by Gasteiger charge is -2.26. The number of rotatable bonds is 10. The van der Waals surface area contributed by atoms with Gasteiger partial charge in [-0.3, -0.25) is 0 Å². The van der Waals surface area contributed by atoms with Crippen LogP contribution in [-0.2, 0) is 0 Å². The van der Waals surface area contributed by atoms with Crippen LogP contribution >= 0.6 is 34.8 Å². The molecule has 0 amide bonds. The molecule has 1 heterocycles. The average molecular weight is 480 g/mol. The molecule has 0 aliphatic carbocycles. The van der Waals surface area contributed by atoms with E-state index >= 15 is 0 Å². The maximum absolute atomic E-state index is 11.2. The number of aromatic nitrogens is 1. The van der Waals surface area contributed by atoms with Crippen molar-refractivity contribution in [3.05, 3.63) is 63.1 Å². The molecule has 1 N–H and O–H groups in total. The Labute approximate surface area is 200 Å². The second-order valence-corrected chi connectivity index (χ2v) is 9.13. The van der Waals surface area contributed by atoms with E-state index in [2.05, 4.69) is 18.7 Å². The molecule has 1 aromatic heterocycles. The standard InChI is InChI=1S/C25H29Cl3N2O/c1-3-5-13-30(14-6-4-2)16-23(31)24-19-11-12-22(17-7-9-18(26)10-8-17)29-25(19)21(28)15-20(24)27/h7-12,15,23,31H,3-6,13-14,16H2,1-2H3. The first-order chi connectivity index (χ1) is 14.9. The molecular formula is C25H29Cl3N2O. The molecule has 3 nitrogen and oxygen atoms in total. The van der Waals surface area contributed by atoms with Gasteiger partial charge in [0.05, 0.1) is 22.3 Å². The van der Waals surface area contributed by atoms with E-state index < -0.39 is 6.10 Å². The van der Waals surface area contributed by atoms with Gasteiger partial charge in [0.15, 0.2) is 0 Å². The van der Waals surface area contributed by atoms with Crippen molar-refractivity contribution in [2.75, 3.05) is 19.6 Å². The van der Waals surface area contributed by atoms with E-state index in [1.807, 2.05) is 36.4 Å². The topological polar surface area (TPSA) is 36.4 Å². The highest BCUT2D eigenvalue weighted by Crippen LogP contribution is 2.37. The van der Waals surface area contributed by atoms with Crippen LogP contribution in [0, 0.1) is 0 Å². The zero-order valence-electron chi connectivity index (χ0n) is 18.0. The third-order valence-corrected chi connectivity index (χ3v) is 6.34. The van der Waals surface area contributed by atoms with E-state index in [4.69, 9.17) is 39.8 Å². The molecule has 3 aromatic rings. The zero-order valence-corrected chi connectivity index (χ0v) is 20.3. The predicted molar refractivity (Wildman–Crippen MR) is 133 cm³/mol. The van der Waals surface area contributed by atoms with E-state index in [1.54, 1.807) is 6.07 Å². The molecule has 1 unspecified atom stereocenters. The van der Waals surface area contributed by atoms with Crippen molar-refractivity contribution < 1.29 is 5.11 Å². The molecule has 6 heteroatoms. The zero-order chi connectivity index (χ0) is 22.4. The molecule has 2 aromatic carbocycles. The lowest BCUT2D eigenvalue weighted by molar-refractivity contribution is 0.112. The highest BCUT2D eigenvalue weighted by molar-refractivity contribution is 6.39. The van der Waals surface area contributed by atoms with E-state index in [1.165, 1.54) is 0 Å². The average Bonchev–Trinajstić information content (AvgIpc) is 2.76. The molecule has 0 fully saturated rings. The third kappa shape index (κ3) is 6.12. The van der Waals surface area contributed by atoms with Gasteiger partial charge in [-0.05, 0) is 50.2 Å². The van der Waals surface area contributed by atoms with Crippen LogP contribution in [0.5, 0.6) is 0 Å². The van der Waals surface area contributed by atoms with Gasteiger partial charge < -0.3 is 10.0 Å². The molecular weight excluding hydrogens is 451 g/mol. The number of nitrogens with zero attached hydrogens (tertiary/aromatic N) is 2. The first kappa shape index (κ1) is 24.3. The van der Waals surface area contributed by atoms with Crippen LogP contribution < -0.4 is 0 Å². The van der Waals surface area contributed by atoms with Gasteiger partial charge in [0, 0.05) is 33.1 Å². The Morgan fingerprint density at radius 1 is 0.903 bits per heavy atom. The molecule has 31 heavy (non-hydrogen) atoms. The summed E-state index contributed by atoms with van der Waals surface area (Å²) in [6.07, 6.45) is 3.75. The largest absolute Gasteiger partial charge is 0.387 e. The Kier molecular flexibility index (Phi) is 9.00. The SMILES string of the molecule is CCCCN(CCCC)CC(O)c1c(Cl)cc(Cl)c2nc(-c3ccc(Cl)cc3)ccc12. The summed E-state index contributed by atoms with van der Waals surface area (Å²) in [6, 6.07) is 13.1. The number of unbranched alkanes of at least 4 members (excludes halogenated alkanes) is 2. The summed E-state index contributed by atoms with van der Waals surface area (Å²) < 4.78 is 0. The van der Waals surface area contributed by atoms with Gasteiger partial charge in [0.2, 0.25) is 0 Å². The van der Waals surface area contributed by atoms with Gasteiger partial charge in [-0.15, -0.1) is 0 Å². The van der Waals surface area contributed by atoms with Crippen molar-refractivity contribution >= 4 is 45.7 Å². The van der Waals surface area contributed by atoms with Crippen LogP contribution in [0.15, 0.2) is 42.5 Å². The normalized spacial score (nSPS) is 12.6. The maximum Gasteiger partial charge on any atom is 0.0937 e. The summed E-state index contributed by atoms with van der Waals surface area (Å²) in [4.78, 5) is 7.10. The smallest absolute Gasteiger partial charge is 0.0937 e. The van der Waals surface area contributed by atoms with E-state index in [-0.39, 0.29) is 0 Å². The van der Waals surface area contributed by atoms with Gasteiger partial charge in [-0.1, -0.05) is 79.7 Å². The second-order valence-electron chi connectivity index (χ2n) is 7.88. The first-order valence-corrected chi connectivity index (χ1v) is 12.0. The maximum atomic E-state index is 11.2. The molecule has 0 saturated carbocycles. The van der Waals surface area contributed by atoms with Crippen molar-refractivity contribution in [3.63, 3.8) is 0 Å². The van der Waals surface area contributed by atoms with Crippen molar-refractivity contribution in [2.45, 2.75) is 45.6 Å². The molecule has 1 atom stereocenters. The third-order valence-electron chi connectivity index (χ3n) is 5.48. The van der Waals surface area contributed by atoms with Gasteiger partial charge in [-0.25, -0.2) is 4.98 Å². The Balaban J connectivity index is 1.96. The number of hydrogen-bond acceptors (Lipinski definition) is 3. The summed E-state index contributed by atoms with van der Waals surface area (Å²) in [7, 11) is 0. The van der Waals surface area contributed by atoms with Crippen LogP contribution in [0.25, 0.3) is 22.2 Å². The molecule has 0 bridgehead atoms. The first-order valence-electron chi connectivity index (χ1n) is 10.9. The monoisotopic (exact) mass is 478 g/mol. The number of benzene rings is 2. The Morgan fingerprint density at radius 2 is 1.55 bits per heavy atom. The van der Waals surface area contributed by atoms with Gasteiger partial charge in [0.1, 0.15) is 0 Å². The lowest BCUT2D eigenvalue weighted by atomic mass is 10.0. The minimum absolute atomic E-state index is 0.469. The Bertz CT molecular complexity index is 1000. The summed E-state index contributed by atoms with van der Waals surface area (Å²) in [5, 5.41) is 13.6. The van der Waals surface area contributed by atoms with Crippen molar-refractivity contribution in [1.82, 2.24) is 9.88 Å². The highest BCUT2D eigenvalue weighted by Gasteiger charge is 2.21. The van der Waals surface area contributed by atoms with E-state index in [9.17, 15) is 5.11 Å². The van der Waals surface area contributed by atoms with E-state index in [0.29, 0.717) is 32.7 Å². The molecule has 0 aliphatic heterocycles. The van der Waals surface area contributed by atoms with Crippen LogP contribution in [0.3, 0.4) is 0 Å². The number of hydrogen-bond donors (Lipinski definition) is 1. The fourth-order valence-electron chi connectivity index (χ4n) is 3.76. The molecule has 0 radical (unpaired) electrons. The quantitative estimate of drug-likeness (QED) is 0.322. The molecule has 0 spiro atoms. The van der Waals surface area contributed by atoms with Crippen molar-refractivity contribution in [1.29, 1.82) is 0 Å². The van der Waals surface area contributed by atoms with Crippen LogP contribution in [0.4, 0.5) is 0 Å². The van der Waals surface area contributed by atoms with Crippen LogP contribution in [0.1, 0.15) is 51.2 Å². The lowest BCUT2D eigenvalue weighted by Crippen LogP contribution is -2.31. The molecule has 0 aliphatic rings. The predicted octanol–water partition coefficient (Wildman–Crippen LogP) is 7.80. The van der Waals surface area contributed by atoms with Gasteiger partial charge >= 0.3 is 0 Å². The second kappa shape index (κ2) is 11.5.